The van der Waals surface area contributed by atoms with Gasteiger partial charge < -0.3 is 34.8 Å². The van der Waals surface area contributed by atoms with Gasteiger partial charge in [0.25, 0.3) is 0 Å². The maximum atomic E-state index is 12.1. The van der Waals surface area contributed by atoms with Crippen molar-refractivity contribution in [2.24, 2.45) is 5.41 Å². The molecule has 10 nitrogen and oxygen atoms in total. The van der Waals surface area contributed by atoms with Crippen molar-refractivity contribution >= 4 is 23.6 Å². The Morgan fingerprint density at radius 2 is 1.88 bits per heavy atom. The largest absolute Gasteiger partial charge is 0.494 e. The van der Waals surface area contributed by atoms with Crippen molar-refractivity contribution in [3.8, 4) is 11.8 Å². The molecule has 11 heteroatoms. The second kappa shape index (κ2) is 14.3. The van der Waals surface area contributed by atoms with Crippen molar-refractivity contribution < 1.29 is 39.1 Å². The third-order valence-electron chi connectivity index (χ3n) is 4.47. The van der Waals surface area contributed by atoms with Gasteiger partial charge in [-0.2, -0.15) is 0 Å². The number of thioether (sulfide) groups is 1. The fourth-order valence-electron chi connectivity index (χ4n) is 2.71. The molecule has 0 aliphatic heterocycles. The predicted octanol–water partition coefficient (Wildman–Crippen LogP) is 2.52. The van der Waals surface area contributed by atoms with Crippen LogP contribution in [0.25, 0.3) is 0 Å². The van der Waals surface area contributed by atoms with Crippen molar-refractivity contribution in [1.29, 1.82) is 0 Å². The van der Waals surface area contributed by atoms with Gasteiger partial charge in [-0.1, -0.05) is 20.8 Å². The van der Waals surface area contributed by atoms with E-state index in [2.05, 4.69) is 10.3 Å². The second-order valence-corrected chi connectivity index (χ2v) is 10.0. The van der Waals surface area contributed by atoms with Gasteiger partial charge in [0, 0.05) is 31.2 Å². The van der Waals surface area contributed by atoms with E-state index < -0.39 is 18.4 Å². The third-order valence-corrected chi connectivity index (χ3v) is 5.50. The summed E-state index contributed by atoms with van der Waals surface area (Å²) in [6, 6.07) is 1.41. The zero-order valence-corrected chi connectivity index (χ0v) is 20.9. The predicted molar refractivity (Wildman–Crippen MR) is 124 cm³/mol. The zero-order valence-electron chi connectivity index (χ0n) is 20.1. The Labute approximate surface area is 199 Å². The molecule has 0 bridgehead atoms. The van der Waals surface area contributed by atoms with Gasteiger partial charge in [-0.05, 0) is 25.7 Å². The molecule has 2 unspecified atom stereocenters. The number of amides is 1. The van der Waals surface area contributed by atoms with E-state index in [1.807, 2.05) is 34.6 Å². The summed E-state index contributed by atoms with van der Waals surface area (Å²) in [7, 11) is 0. The van der Waals surface area contributed by atoms with Gasteiger partial charge in [0.05, 0.1) is 23.7 Å². The number of hydrogen-bond acceptors (Lipinski definition) is 9. The second-order valence-electron chi connectivity index (χ2n) is 8.89. The molecule has 0 saturated carbocycles. The van der Waals surface area contributed by atoms with Crippen LogP contribution in [-0.2, 0) is 23.8 Å². The van der Waals surface area contributed by atoms with E-state index >= 15 is 0 Å². The molecule has 0 fully saturated rings. The first kappa shape index (κ1) is 29.1. The minimum atomic E-state index is -0.799. The number of hydrogen-bond donors (Lipinski definition) is 5. The number of aromatic hydroxyl groups is 2. The van der Waals surface area contributed by atoms with Crippen LogP contribution in [0.2, 0.25) is 0 Å². The molecule has 1 amide bonds. The van der Waals surface area contributed by atoms with Gasteiger partial charge in [0.15, 0.2) is 12.2 Å². The number of aliphatic hydroxyl groups is 1. The molecule has 190 valence electrons. The Kier molecular flexibility index (Phi) is 12.6. The Morgan fingerprint density at radius 3 is 2.42 bits per heavy atom. The Morgan fingerprint density at radius 1 is 1.18 bits per heavy atom. The third kappa shape index (κ3) is 12.2. The van der Waals surface area contributed by atoms with Crippen molar-refractivity contribution in [3.63, 3.8) is 0 Å². The van der Waals surface area contributed by atoms with E-state index in [9.17, 15) is 24.9 Å². The van der Waals surface area contributed by atoms with Gasteiger partial charge in [-0.25, -0.2) is 0 Å². The molecule has 33 heavy (non-hydrogen) atoms. The first-order valence-electron chi connectivity index (χ1n) is 11.0. The van der Waals surface area contributed by atoms with E-state index in [1.165, 1.54) is 17.8 Å². The fraction of sp³-hybridized carbons (Fsp3) is 0.727. The molecular weight excluding hydrogens is 452 g/mol. The van der Waals surface area contributed by atoms with Crippen LogP contribution in [-0.4, -0.2) is 76.2 Å². The standard InChI is InChI=1S/C22H38N2O8S/c1-14(2)31-20(32-16(12-25)22(3,4)5)13-30-19(28)8-6-7-17(26)23-9-10-33-15-11-18(27)24-21(15)29/h11,14,16,20,24-25,27,29H,6-10,12-13H2,1-5H3,(H,23,26). The van der Waals surface area contributed by atoms with E-state index in [0.29, 0.717) is 23.6 Å². The monoisotopic (exact) mass is 490 g/mol. The highest BCUT2D eigenvalue weighted by atomic mass is 32.2. The van der Waals surface area contributed by atoms with Crippen molar-refractivity contribution in [2.75, 3.05) is 25.5 Å². The van der Waals surface area contributed by atoms with Crippen LogP contribution in [0, 0.1) is 5.41 Å². The number of aliphatic hydroxyl groups excluding tert-OH is 1. The maximum absolute atomic E-state index is 12.1. The van der Waals surface area contributed by atoms with Crippen LogP contribution < -0.4 is 5.32 Å². The summed E-state index contributed by atoms with van der Waals surface area (Å²) in [5.74, 6) is -0.372. The lowest BCUT2D eigenvalue weighted by Crippen LogP contribution is -2.40. The molecular formula is C22H38N2O8S. The summed E-state index contributed by atoms with van der Waals surface area (Å²) in [5, 5.41) is 31.1. The Hall–Kier alpha value is -1.95. The molecule has 0 aliphatic carbocycles. The minimum absolute atomic E-state index is 0.0791. The average Bonchev–Trinajstić information content (AvgIpc) is 3.02. The number of esters is 1. The first-order chi connectivity index (χ1) is 15.4. The highest BCUT2D eigenvalue weighted by molar-refractivity contribution is 7.99. The maximum Gasteiger partial charge on any atom is 0.305 e. The number of H-pyrrole nitrogens is 1. The van der Waals surface area contributed by atoms with Crippen LogP contribution in [0.15, 0.2) is 11.0 Å². The molecule has 1 aromatic rings. The molecule has 1 heterocycles. The van der Waals surface area contributed by atoms with Crippen LogP contribution in [0.4, 0.5) is 0 Å². The summed E-state index contributed by atoms with van der Waals surface area (Å²) in [6.07, 6.45) is -0.838. The Bertz CT molecular complexity index is 732. The van der Waals surface area contributed by atoms with Gasteiger partial charge in [0.1, 0.15) is 6.61 Å². The highest BCUT2D eigenvalue weighted by Crippen LogP contribution is 2.31. The van der Waals surface area contributed by atoms with Crippen molar-refractivity contribution in [1.82, 2.24) is 10.3 Å². The van der Waals surface area contributed by atoms with Crippen LogP contribution in [0.5, 0.6) is 11.8 Å². The van der Waals surface area contributed by atoms with Crippen molar-refractivity contribution in [2.45, 2.75) is 77.3 Å². The minimum Gasteiger partial charge on any atom is -0.494 e. The lowest BCUT2D eigenvalue weighted by atomic mass is 9.89. The molecule has 0 spiro atoms. The summed E-state index contributed by atoms with van der Waals surface area (Å²) in [6.45, 7) is 9.58. The summed E-state index contributed by atoms with van der Waals surface area (Å²) in [5.41, 5.74) is -0.312. The van der Waals surface area contributed by atoms with E-state index in [-0.39, 0.29) is 55.2 Å². The SMILES string of the molecule is CC(C)OC(COC(=O)CCCC(=O)NCCSc1cc(O)[nH]c1O)OC(CO)C(C)(C)C. The smallest absolute Gasteiger partial charge is 0.305 e. The number of ether oxygens (including phenoxy) is 3. The molecule has 0 aromatic carbocycles. The first-order valence-corrected chi connectivity index (χ1v) is 12.0. The summed E-state index contributed by atoms with van der Waals surface area (Å²) >= 11 is 1.29. The number of aromatic amines is 1. The van der Waals surface area contributed by atoms with Gasteiger partial charge in [0.2, 0.25) is 11.8 Å². The quantitative estimate of drug-likeness (QED) is 0.108. The van der Waals surface area contributed by atoms with Crippen molar-refractivity contribution in [3.05, 3.63) is 6.07 Å². The van der Waals surface area contributed by atoms with E-state index in [1.54, 1.807) is 0 Å². The fourth-order valence-corrected chi connectivity index (χ4v) is 3.51. The summed E-state index contributed by atoms with van der Waals surface area (Å²) in [4.78, 5) is 26.8. The topological polar surface area (TPSA) is 150 Å². The van der Waals surface area contributed by atoms with E-state index in [0.717, 1.165) is 0 Å². The number of rotatable bonds is 15. The molecule has 2 atom stereocenters. The highest BCUT2D eigenvalue weighted by Gasteiger charge is 2.29. The lowest BCUT2D eigenvalue weighted by molar-refractivity contribution is -0.232. The number of aromatic nitrogens is 1. The number of nitrogens with one attached hydrogen (secondary N) is 2. The number of carbonyl (C=O) groups is 2. The average molecular weight is 491 g/mol. The van der Waals surface area contributed by atoms with Gasteiger partial charge in [-0.15, -0.1) is 11.8 Å². The lowest BCUT2D eigenvalue weighted by Gasteiger charge is -2.33. The van der Waals surface area contributed by atoms with E-state index in [4.69, 9.17) is 14.2 Å². The molecule has 1 aromatic heterocycles. The number of carbonyl (C=O) groups excluding carboxylic acids is 2. The molecule has 0 aliphatic rings. The zero-order chi connectivity index (χ0) is 25.0. The van der Waals surface area contributed by atoms with Crippen LogP contribution in [0.1, 0.15) is 53.9 Å². The Balaban J connectivity index is 2.27. The van der Waals surface area contributed by atoms with Gasteiger partial charge in [-0.3, -0.25) is 14.6 Å². The normalized spacial score (nSPS) is 13.7. The molecule has 0 saturated heterocycles. The molecule has 5 N–H and O–H groups in total. The van der Waals surface area contributed by atoms with Gasteiger partial charge >= 0.3 is 5.97 Å². The van der Waals surface area contributed by atoms with Crippen LogP contribution in [0.3, 0.4) is 0 Å². The summed E-state index contributed by atoms with van der Waals surface area (Å²) < 4.78 is 16.7. The molecule has 0 radical (unpaired) electrons. The van der Waals surface area contributed by atoms with Crippen LogP contribution >= 0.6 is 11.8 Å². The molecule has 1 rings (SSSR count).